The van der Waals surface area contributed by atoms with Gasteiger partial charge >= 0.3 is 0 Å². The minimum atomic E-state index is 0.187. The van der Waals surface area contributed by atoms with Gasteiger partial charge in [-0.3, -0.25) is 4.79 Å². The molecule has 98 valence electrons. The van der Waals surface area contributed by atoms with Crippen molar-refractivity contribution in [2.75, 3.05) is 0 Å². The summed E-state index contributed by atoms with van der Waals surface area (Å²) < 4.78 is 0. The molecule has 19 heavy (non-hydrogen) atoms. The number of unbranched alkanes of at least 4 members (excludes halogenated alkanes) is 3. The van der Waals surface area contributed by atoms with E-state index in [4.69, 9.17) is 5.26 Å². The first-order chi connectivity index (χ1) is 9.26. The van der Waals surface area contributed by atoms with Gasteiger partial charge in [-0.25, -0.2) is 0 Å². The molecule has 0 saturated heterocycles. The van der Waals surface area contributed by atoms with Crippen molar-refractivity contribution in [3.05, 3.63) is 35.5 Å². The van der Waals surface area contributed by atoms with Crippen LogP contribution < -0.4 is 0 Å². The Morgan fingerprint density at radius 2 is 2.16 bits per heavy atom. The van der Waals surface area contributed by atoms with Crippen LogP contribution in [0.25, 0.3) is 10.9 Å². The SMILES string of the molecule is CCCCCCC(=O)c1c[nH]c2cc(C#N)ccc12. The number of benzene rings is 1. The molecule has 1 N–H and O–H groups in total. The number of nitrogens with zero attached hydrogens (tertiary/aromatic N) is 1. The smallest absolute Gasteiger partial charge is 0.165 e. The molecule has 0 aliphatic carbocycles. The Kier molecular flexibility index (Phi) is 4.35. The Morgan fingerprint density at radius 1 is 1.32 bits per heavy atom. The van der Waals surface area contributed by atoms with Crippen LogP contribution in [-0.2, 0) is 0 Å². The maximum atomic E-state index is 12.2. The van der Waals surface area contributed by atoms with E-state index in [9.17, 15) is 4.79 Å². The van der Waals surface area contributed by atoms with Crippen LogP contribution in [0.3, 0.4) is 0 Å². The van der Waals surface area contributed by atoms with Gasteiger partial charge in [0.25, 0.3) is 0 Å². The number of aromatic amines is 1. The average Bonchev–Trinajstić information content (AvgIpc) is 2.86. The molecule has 0 fully saturated rings. The molecule has 0 atom stereocenters. The van der Waals surface area contributed by atoms with Gasteiger partial charge in [0.05, 0.1) is 11.6 Å². The molecule has 2 rings (SSSR count). The number of aromatic nitrogens is 1. The van der Waals surface area contributed by atoms with E-state index in [1.54, 1.807) is 18.3 Å². The number of carbonyl (C=O) groups excluding carboxylic acids is 1. The van der Waals surface area contributed by atoms with Crippen molar-refractivity contribution in [3.63, 3.8) is 0 Å². The highest BCUT2D eigenvalue weighted by Gasteiger charge is 2.11. The van der Waals surface area contributed by atoms with Crippen LogP contribution in [0.5, 0.6) is 0 Å². The second-order valence-corrected chi connectivity index (χ2v) is 4.81. The Balaban J connectivity index is 2.12. The molecule has 0 amide bonds. The Morgan fingerprint density at radius 3 is 2.89 bits per heavy atom. The third-order valence-corrected chi connectivity index (χ3v) is 3.37. The third kappa shape index (κ3) is 3.03. The predicted octanol–water partition coefficient (Wildman–Crippen LogP) is 4.19. The minimum absolute atomic E-state index is 0.187. The van der Waals surface area contributed by atoms with Crippen molar-refractivity contribution in [1.29, 1.82) is 5.26 Å². The van der Waals surface area contributed by atoms with E-state index in [1.165, 1.54) is 12.8 Å². The Hall–Kier alpha value is -2.08. The first kappa shape index (κ1) is 13.4. The van der Waals surface area contributed by atoms with Crippen molar-refractivity contribution in [3.8, 4) is 6.07 Å². The average molecular weight is 254 g/mol. The number of nitrogens with one attached hydrogen (secondary N) is 1. The summed E-state index contributed by atoms with van der Waals surface area (Å²) in [6, 6.07) is 7.49. The topological polar surface area (TPSA) is 56.6 Å². The van der Waals surface area contributed by atoms with Crippen molar-refractivity contribution in [2.45, 2.75) is 39.0 Å². The zero-order chi connectivity index (χ0) is 13.7. The summed E-state index contributed by atoms with van der Waals surface area (Å²) in [6.07, 6.45) is 6.80. The van der Waals surface area contributed by atoms with Gasteiger partial charge in [-0.15, -0.1) is 0 Å². The van der Waals surface area contributed by atoms with Crippen LogP contribution in [0.15, 0.2) is 24.4 Å². The van der Waals surface area contributed by atoms with E-state index in [1.807, 2.05) is 6.07 Å². The number of Topliss-reactive ketones (excluding diaryl/α,β-unsaturated/α-hetero) is 1. The van der Waals surface area contributed by atoms with Gasteiger partial charge in [-0.2, -0.15) is 5.26 Å². The molecule has 1 aromatic heterocycles. The van der Waals surface area contributed by atoms with E-state index < -0.39 is 0 Å². The number of hydrogen-bond acceptors (Lipinski definition) is 2. The van der Waals surface area contributed by atoms with Gasteiger partial charge in [-0.1, -0.05) is 32.3 Å². The van der Waals surface area contributed by atoms with Gasteiger partial charge < -0.3 is 4.98 Å². The van der Waals surface area contributed by atoms with E-state index >= 15 is 0 Å². The fourth-order valence-corrected chi connectivity index (χ4v) is 2.27. The number of fused-ring (bicyclic) bond motifs is 1. The van der Waals surface area contributed by atoms with E-state index in [0.717, 1.165) is 29.3 Å². The molecule has 3 nitrogen and oxygen atoms in total. The van der Waals surface area contributed by atoms with Crippen LogP contribution in [0.2, 0.25) is 0 Å². The van der Waals surface area contributed by atoms with Crippen LogP contribution >= 0.6 is 0 Å². The molecule has 0 saturated carbocycles. The lowest BCUT2D eigenvalue weighted by Crippen LogP contribution is -1.97. The number of hydrogen-bond donors (Lipinski definition) is 1. The zero-order valence-corrected chi connectivity index (χ0v) is 11.2. The molecule has 0 aliphatic rings. The van der Waals surface area contributed by atoms with Gasteiger partial charge in [-0.05, 0) is 18.6 Å². The largest absolute Gasteiger partial charge is 0.360 e. The van der Waals surface area contributed by atoms with E-state index in [0.29, 0.717) is 12.0 Å². The molecular formula is C16H18N2O. The molecule has 1 heterocycles. The first-order valence-corrected chi connectivity index (χ1v) is 6.80. The van der Waals surface area contributed by atoms with Crippen LogP contribution in [0, 0.1) is 11.3 Å². The monoisotopic (exact) mass is 254 g/mol. The normalized spacial score (nSPS) is 10.5. The van der Waals surface area contributed by atoms with Crippen LogP contribution in [0.4, 0.5) is 0 Å². The van der Waals surface area contributed by atoms with Crippen LogP contribution in [0.1, 0.15) is 54.9 Å². The van der Waals surface area contributed by atoms with Gasteiger partial charge in [0.15, 0.2) is 5.78 Å². The number of nitriles is 1. The maximum Gasteiger partial charge on any atom is 0.165 e. The second-order valence-electron chi connectivity index (χ2n) is 4.81. The molecule has 0 bridgehead atoms. The molecule has 2 aromatic rings. The van der Waals surface area contributed by atoms with Crippen LogP contribution in [-0.4, -0.2) is 10.8 Å². The molecule has 3 heteroatoms. The summed E-state index contributed by atoms with van der Waals surface area (Å²) in [6.45, 7) is 2.16. The minimum Gasteiger partial charge on any atom is -0.360 e. The second kappa shape index (κ2) is 6.19. The highest BCUT2D eigenvalue weighted by atomic mass is 16.1. The lowest BCUT2D eigenvalue weighted by atomic mass is 10.0. The molecule has 0 spiro atoms. The summed E-state index contributed by atoms with van der Waals surface area (Å²) in [7, 11) is 0. The molecule has 0 radical (unpaired) electrons. The summed E-state index contributed by atoms with van der Waals surface area (Å²) in [5.41, 5.74) is 2.21. The Labute approximate surface area is 113 Å². The fourth-order valence-electron chi connectivity index (χ4n) is 2.27. The van der Waals surface area contributed by atoms with E-state index in [2.05, 4.69) is 18.0 Å². The van der Waals surface area contributed by atoms with Gasteiger partial charge in [0.2, 0.25) is 0 Å². The van der Waals surface area contributed by atoms with Gasteiger partial charge in [0.1, 0.15) is 0 Å². The lowest BCUT2D eigenvalue weighted by molar-refractivity contribution is 0.0981. The zero-order valence-electron chi connectivity index (χ0n) is 11.2. The maximum absolute atomic E-state index is 12.2. The highest BCUT2D eigenvalue weighted by Crippen LogP contribution is 2.21. The summed E-state index contributed by atoms with van der Waals surface area (Å²) in [5, 5.41) is 9.77. The van der Waals surface area contributed by atoms with E-state index in [-0.39, 0.29) is 5.78 Å². The molecular weight excluding hydrogens is 236 g/mol. The standard InChI is InChI=1S/C16H18N2O/c1-2-3-4-5-6-16(19)14-11-18-15-9-12(10-17)7-8-13(14)15/h7-9,11,18H,2-6H2,1H3. The third-order valence-electron chi connectivity index (χ3n) is 3.37. The van der Waals surface area contributed by atoms with Crippen molar-refractivity contribution in [2.24, 2.45) is 0 Å². The number of ketones is 1. The molecule has 1 aromatic carbocycles. The lowest BCUT2D eigenvalue weighted by Gasteiger charge is -2.00. The predicted molar refractivity (Wildman–Crippen MR) is 76.1 cm³/mol. The fraction of sp³-hybridized carbons (Fsp3) is 0.375. The summed E-state index contributed by atoms with van der Waals surface area (Å²) in [5.74, 6) is 0.187. The number of rotatable bonds is 6. The highest BCUT2D eigenvalue weighted by molar-refractivity contribution is 6.07. The quantitative estimate of drug-likeness (QED) is 0.620. The molecule has 0 aliphatic heterocycles. The first-order valence-electron chi connectivity index (χ1n) is 6.80. The molecule has 0 unspecified atom stereocenters. The summed E-state index contributed by atoms with van der Waals surface area (Å²) in [4.78, 5) is 15.2. The van der Waals surface area contributed by atoms with Gasteiger partial charge in [0, 0.05) is 29.1 Å². The summed E-state index contributed by atoms with van der Waals surface area (Å²) >= 11 is 0. The van der Waals surface area contributed by atoms with Crippen molar-refractivity contribution in [1.82, 2.24) is 4.98 Å². The number of H-pyrrole nitrogens is 1. The van der Waals surface area contributed by atoms with Crippen molar-refractivity contribution < 1.29 is 4.79 Å². The number of carbonyl (C=O) groups is 1. The van der Waals surface area contributed by atoms with Crippen molar-refractivity contribution >= 4 is 16.7 Å². The Bertz CT molecular complexity index is 619.